The van der Waals surface area contributed by atoms with Crippen LogP contribution in [0.5, 0.6) is 0 Å². The van der Waals surface area contributed by atoms with Gasteiger partial charge in [0.2, 0.25) is 0 Å². The lowest BCUT2D eigenvalue weighted by atomic mass is 10.1. The number of hydrogen-bond acceptors (Lipinski definition) is 4. The molecule has 0 spiro atoms. The first-order valence-corrected chi connectivity index (χ1v) is 8.35. The lowest BCUT2D eigenvalue weighted by Gasteiger charge is -2.11. The van der Waals surface area contributed by atoms with Crippen molar-refractivity contribution in [2.45, 2.75) is 11.8 Å². The van der Waals surface area contributed by atoms with Crippen LogP contribution >= 0.6 is 0 Å². The molecule has 2 aromatic carbocycles. The SMILES string of the molecule is COC(=O)/C=C/c1cc(C)ccc1NS(=O)(=O)c1ccccc1. The molecule has 0 saturated carbocycles. The Morgan fingerprint density at radius 1 is 1.13 bits per heavy atom. The van der Waals surface area contributed by atoms with Gasteiger partial charge in [-0.25, -0.2) is 13.2 Å². The third-order valence-corrected chi connectivity index (χ3v) is 4.49. The van der Waals surface area contributed by atoms with Gasteiger partial charge in [-0.15, -0.1) is 0 Å². The van der Waals surface area contributed by atoms with Gasteiger partial charge in [-0.2, -0.15) is 0 Å². The molecule has 120 valence electrons. The van der Waals surface area contributed by atoms with E-state index in [4.69, 9.17) is 0 Å². The largest absolute Gasteiger partial charge is 0.466 e. The van der Waals surface area contributed by atoms with Crippen molar-refractivity contribution in [3.05, 3.63) is 65.7 Å². The number of rotatable bonds is 5. The number of sulfonamides is 1. The summed E-state index contributed by atoms with van der Waals surface area (Å²) in [5, 5.41) is 0. The number of hydrogen-bond donors (Lipinski definition) is 1. The van der Waals surface area contributed by atoms with E-state index in [-0.39, 0.29) is 4.90 Å². The Morgan fingerprint density at radius 2 is 1.83 bits per heavy atom. The third-order valence-electron chi connectivity index (χ3n) is 3.11. The van der Waals surface area contributed by atoms with E-state index < -0.39 is 16.0 Å². The van der Waals surface area contributed by atoms with Crippen LogP contribution in [0.1, 0.15) is 11.1 Å². The van der Waals surface area contributed by atoms with Gasteiger partial charge >= 0.3 is 5.97 Å². The highest BCUT2D eigenvalue weighted by Crippen LogP contribution is 2.22. The minimum atomic E-state index is -3.69. The predicted octanol–water partition coefficient (Wildman–Crippen LogP) is 2.98. The van der Waals surface area contributed by atoms with Crippen LogP contribution in [0, 0.1) is 6.92 Å². The lowest BCUT2D eigenvalue weighted by Crippen LogP contribution is -2.13. The van der Waals surface area contributed by atoms with Crippen molar-refractivity contribution in [1.82, 2.24) is 0 Å². The lowest BCUT2D eigenvalue weighted by molar-refractivity contribution is -0.134. The zero-order valence-electron chi connectivity index (χ0n) is 12.8. The first kappa shape index (κ1) is 16.8. The van der Waals surface area contributed by atoms with Crippen molar-refractivity contribution in [3.63, 3.8) is 0 Å². The number of ether oxygens (including phenoxy) is 1. The highest BCUT2D eigenvalue weighted by molar-refractivity contribution is 7.92. The molecule has 0 aliphatic carbocycles. The van der Waals surface area contributed by atoms with E-state index in [1.54, 1.807) is 36.4 Å². The fraction of sp³-hybridized carbons (Fsp3) is 0.118. The van der Waals surface area contributed by atoms with E-state index >= 15 is 0 Å². The van der Waals surface area contributed by atoms with Crippen LogP contribution in [-0.4, -0.2) is 21.5 Å². The number of aryl methyl sites for hydroxylation is 1. The minimum absolute atomic E-state index is 0.170. The topological polar surface area (TPSA) is 72.5 Å². The Labute approximate surface area is 135 Å². The molecule has 1 N–H and O–H groups in total. The van der Waals surface area contributed by atoms with Gasteiger partial charge in [-0.3, -0.25) is 4.72 Å². The van der Waals surface area contributed by atoms with Crippen LogP contribution in [0.25, 0.3) is 6.08 Å². The highest BCUT2D eigenvalue weighted by Gasteiger charge is 2.15. The number of esters is 1. The predicted molar refractivity (Wildman–Crippen MR) is 89.5 cm³/mol. The molecular weight excluding hydrogens is 314 g/mol. The number of benzene rings is 2. The van der Waals surface area contributed by atoms with Crippen molar-refractivity contribution >= 4 is 27.8 Å². The number of anilines is 1. The Hall–Kier alpha value is -2.60. The summed E-state index contributed by atoms with van der Waals surface area (Å²) in [7, 11) is -2.41. The van der Waals surface area contributed by atoms with Crippen LogP contribution in [0.15, 0.2) is 59.5 Å². The van der Waals surface area contributed by atoms with E-state index in [1.165, 1.54) is 31.4 Å². The Morgan fingerprint density at radius 3 is 2.48 bits per heavy atom. The molecule has 2 rings (SSSR count). The second-order valence-corrected chi connectivity index (χ2v) is 6.55. The van der Waals surface area contributed by atoms with Crippen LogP contribution < -0.4 is 4.72 Å². The van der Waals surface area contributed by atoms with Crippen molar-refractivity contribution in [3.8, 4) is 0 Å². The maximum Gasteiger partial charge on any atom is 0.330 e. The molecule has 0 bridgehead atoms. The Bertz CT molecular complexity index is 827. The fourth-order valence-electron chi connectivity index (χ4n) is 1.94. The van der Waals surface area contributed by atoms with Crippen LogP contribution in [-0.2, 0) is 19.6 Å². The van der Waals surface area contributed by atoms with E-state index in [0.717, 1.165) is 5.56 Å². The Kier molecular flexibility index (Phi) is 5.18. The average molecular weight is 331 g/mol. The molecule has 2 aromatic rings. The molecule has 0 aromatic heterocycles. The van der Waals surface area contributed by atoms with Gasteiger partial charge in [0.25, 0.3) is 10.0 Å². The summed E-state index contributed by atoms with van der Waals surface area (Å²) in [6, 6.07) is 13.3. The molecule has 6 heteroatoms. The van der Waals surface area contributed by atoms with Crippen molar-refractivity contribution < 1.29 is 17.9 Å². The van der Waals surface area contributed by atoms with Crippen molar-refractivity contribution in [2.75, 3.05) is 11.8 Å². The molecule has 5 nitrogen and oxygen atoms in total. The fourth-order valence-corrected chi connectivity index (χ4v) is 3.05. The Balaban J connectivity index is 2.37. The van der Waals surface area contributed by atoms with Crippen LogP contribution in [0.2, 0.25) is 0 Å². The van der Waals surface area contributed by atoms with Gasteiger partial charge in [0.1, 0.15) is 0 Å². The molecular formula is C17H17NO4S. The van der Waals surface area contributed by atoms with E-state index in [9.17, 15) is 13.2 Å². The summed E-state index contributed by atoms with van der Waals surface area (Å²) in [6.45, 7) is 1.88. The maximum absolute atomic E-state index is 12.4. The van der Waals surface area contributed by atoms with E-state index in [0.29, 0.717) is 11.3 Å². The van der Waals surface area contributed by atoms with Gasteiger partial charge in [0, 0.05) is 6.08 Å². The molecule has 0 fully saturated rings. The summed E-state index contributed by atoms with van der Waals surface area (Å²) < 4.78 is 31.9. The first-order valence-electron chi connectivity index (χ1n) is 6.87. The molecule has 0 aliphatic rings. The minimum Gasteiger partial charge on any atom is -0.466 e. The number of carbonyl (C=O) groups is 1. The zero-order chi connectivity index (χ0) is 16.9. The van der Waals surface area contributed by atoms with Crippen LogP contribution in [0.4, 0.5) is 5.69 Å². The quantitative estimate of drug-likeness (QED) is 0.675. The van der Waals surface area contributed by atoms with E-state index in [2.05, 4.69) is 9.46 Å². The van der Waals surface area contributed by atoms with Crippen LogP contribution in [0.3, 0.4) is 0 Å². The molecule has 0 radical (unpaired) electrons. The second kappa shape index (κ2) is 7.11. The molecule has 0 heterocycles. The molecule has 0 amide bonds. The van der Waals surface area contributed by atoms with Gasteiger partial charge < -0.3 is 4.74 Å². The molecule has 0 saturated heterocycles. The summed E-state index contributed by atoms with van der Waals surface area (Å²) in [6.07, 6.45) is 2.76. The van der Waals surface area contributed by atoms with Gasteiger partial charge in [-0.1, -0.05) is 29.8 Å². The normalized spacial score (nSPS) is 11.4. The van der Waals surface area contributed by atoms with Gasteiger partial charge in [0.15, 0.2) is 0 Å². The first-order chi connectivity index (χ1) is 10.9. The maximum atomic E-state index is 12.4. The average Bonchev–Trinajstić information content (AvgIpc) is 2.55. The molecule has 23 heavy (non-hydrogen) atoms. The van der Waals surface area contributed by atoms with Crippen molar-refractivity contribution in [2.24, 2.45) is 0 Å². The summed E-state index contributed by atoms with van der Waals surface area (Å²) in [5.41, 5.74) is 1.91. The molecule has 0 unspecified atom stereocenters. The van der Waals surface area contributed by atoms with Crippen molar-refractivity contribution in [1.29, 1.82) is 0 Å². The number of nitrogens with one attached hydrogen (secondary N) is 1. The van der Waals surface area contributed by atoms with E-state index in [1.807, 2.05) is 6.92 Å². The summed E-state index contributed by atoms with van der Waals surface area (Å²) >= 11 is 0. The summed E-state index contributed by atoms with van der Waals surface area (Å²) in [5.74, 6) is -0.511. The standard InChI is InChI=1S/C17H17NO4S/c1-13-8-10-16(14(12-13)9-11-17(19)22-2)18-23(20,21)15-6-4-3-5-7-15/h3-12,18H,1-2H3/b11-9+. The molecule has 0 aliphatic heterocycles. The number of methoxy groups -OCH3 is 1. The molecule has 0 atom stereocenters. The second-order valence-electron chi connectivity index (χ2n) is 4.87. The third kappa shape index (κ3) is 4.43. The highest BCUT2D eigenvalue weighted by atomic mass is 32.2. The zero-order valence-corrected chi connectivity index (χ0v) is 13.6. The monoisotopic (exact) mass is 331 g/mol. The van der Waals surface area contributed by atoms with Gasteiger partial charge in [0.05, 0.1) is 17.7 Å². The van der Waals surface area contributed by atoms with Gasteiger partial charge in [-0.05, 0) is 42.8 Å². The summed E-state index contributed by atoms with van der Waals surface area (Å²) in [4.78, 5) is 11.4. The smallest absolute Gasteiger partial charge is 0.330 e. The number of carbonyl (C=O) groups excluding carboxylic acids is 1.